The summed E-state index contributed by atoms with van der Waals surface area (Å²) in [6.07, 6.45) is 6.45. The van der Waals surface area contributed by atoms with Gasteiger partial charge in [-0.2, -0.15) is 5.10 Å². The Labute approximate surface area is 125 Å². The van der Waals surface area contributed by atoms with Crippen LogP contribution in [0.4, 0.5) is 5.69 Å². The van der Waals surface area contributed by atoms with Crippen molar-refractivity contribution in [3.63, 3.8) is 0 Å². The minimum Gasteiger partial charge on any atom is -0.319 e. The van der Waals surface area contributed by atoms with Gasteiger partial charge in [-0.25, -0.2) is 14.6 Å². The van der Waals surface area contributed by atoms with Gasteiger partial charge >= 0.3 is 0 Å². The second kappa shape index (κ2) is 5.72. The largest absolute Gasteiger partial charge is 0.319 e. The van der Waals surface area contributed by atoms with Crippen LogP contribution in [0.3, 0.4) is 0 Å². The maximum absolute atomic E-state index is 12.2. The monoisotopic (exact) mass is 299 g/mol. The Bertz CT molecular complexity index is 755. The smallest absolute Gasteiger partial charge is 0.257 e. The van der Waals surface area contributed by atoms with Crippen LogP contribution < -0.4 is 5.32 Å². The summed E-state index contributed by atoms with van der Waals surface area (Å²) < 4.78 is 1.58. The molecule has 1 N–H and O–H groups in total. The summed E-state index contributed by atoms with van der Waals surface area (Å²) in [4.78, 5) is 20.3. The van der Waals surface area contributed by atoms with Gasteiger partial charge in [0.15, 0.2) is 5.82 Å². The highest BCUT2D eigenvalue weighted by Gasteiger charge is 2.11. The Morgan fingerprint density at radius 3 is 2.76 bits per heavy atom. The first kappa shape index (κ1) is 13.3. The first-order valence-electron chi connectivity index (χ1n) is 6.12. The number of nitrogens with one attached hydrogen (secondary N) is 1. The molecule has 21 heavy (non-hydrogen) atoms. The van der Waals surface area contributed by atoms with Gasteiger partial charge < -0.3 is 5.32 Å². The molecular formula is C14H10ClN5O. The molecule has 0 aliphatic carbocycles. The Hall–Kier alpha value is -2.73. The number of rotatable bonds is 3. The molecule has 3 heterocycles. The van der Waals surface area contributed by atoms with E-state index >= 15 is 0 Å². The molecule has 1 amide bonds. The van der Waals surface area contributed by atoms with Crippen molar-refractivity contribution in [3.8, 4) is 5.82 Å². The molecule has 104 valence electrons. The molecule has 0 aliphatic heterocycles. The van der Waals surface area contributed by atoms with E-state index in [-0.39, 0.29) is 5.91 Å². The van der Waals surface area contributed by atoms with Gasteiger partial charge in [0.25, 0.3) is 5.91 Å². The van der Waals surface area contributed by atoms with Crippen LogP contribution in [0.5, 0.6) is 0 Å². The number of hydrogen-bond donors (Lipinski definition) is 1. The highest BCUT2D eigenvalue weighted by molar-refractivity contribution is 6.29. The van der Waals surface area contributed by atoms with E-state index in [1.54, 1.807) is 53.6 Å². The van der Waals surface area contributed by atoms with Crippen LogP contribution in [-0.4, -0.2) is 25.7 Å². The summed E-state index contributed by atoms with van der Waals surface area (Å²) >= 11 is 5.70. The molecule has 0 aliphatic rings. The van der Waals surface area contributed by atoms with E-state index in [1.807, 2.05) is 0 Å². The Balaban J connectivity index is 1.88. The zero-order valence-corrected chi connectivity index (χ0v) is 11.5. The fraction of sp³-hybridized carbons (Fsp3) is 0. The van der Waals surface area contributed by atoms with Crippen LogP contribution in [0.2, 0.25) is 5.15 Å². The highest BCUT2D eigenvalue weighted by atomic mass is 35.5. The number of nitrogens with zero attached hydrogens (tertiary/aromatic N) is 4. The van der Waals surface area contributed by atoms with E-state index in [0.29, 0.717) is 22.2 Å². The molecule has 0 saturated heterocycles. The van der Waals surface area contributed by atoms with Gasteiger partial charge in [-0.3, -0.25) is 4.79 Å². The molecule has 0 bridgehead atoms. The molecule has 0 unspecified atom stereocenters. The van der Waals surface area contributed by atoms with E-state index in [1.165, 1.54) is 6.20 Å². The van der Waals surface area contributed by atoms with Crippen LogP contribution in [-0.2, 0) is 0 Å². The summed E-state index contributed by atoms with van der Waals surface area (Å²) in [5.74, 6) is 0.248. The fourth-order valence-electron chi connectivity index (χ4n) is 1.78. The maximum atomic E-state index is 12.2. The van der Waals surface area contributed by atoms with E-state index in [9.17, 15) is 4.79 Å². The molecule has 3 aromatic rings. The number of carbonyl (C=O) groups excluding carboxylic acids is 1. The van der Waals surface area contributed by atoms with Crippen molar-refractivity contribution in [2.24, 2.45) is 0 Å². The standard InChI is InChI=1S/C14H10ClN5O/c15-12-5-4-10(9-17-12)14(21)19-11-3-1-6-16-13(11)20-8-2-7-18-20/h1-9H,(H,19,21). The van der Waals surface area contributed by atoms with E-state index in [4.69, 9.17) is 11.6 Å². The molecule has 6 nitrogen and oxygen atoms in total. The van der Waals surface area contributed by atoms with E-state index < -0.39 is 0 Å². The van der Waals surface area contributed by atoms with Crippen LogP contribution in [0.15, 0.2) is 55.1 Å². The van der Waals surface area contributed by atoms with Gasteiger partial charge in [0.05, 0.1) is 11.3 Å². The molecule has 3 rings (SSSR count). The quantitative estimate of drug-likeness (QED) is 0.754. The minimum atomic E-state index is -0.291. The van der Waals surface area contributed by atoms with Gasteiger partial charge in [-0.05, 0) is 30.3 Å². The van der Waals surface area contributed by atoms with Crippen LogP contribution in [0, 0.1) is 0 Å². The Morgan fingerprint density at radius 1 is 1.14 bits per heavy atom. The molecule has 0 aromatic carbocycles. The van der Waals surface area contributed by atoms with Crippen molar-refractivity contribution in [2.75, 3.05) is 5.32 Å². The molecule has 0 fully saturated rings. The first-order chi connectivity index (χ1) is 10.2. The zero-order chi connectivity index (χ0) is 14.7. The average molecular weight is 300 g/mol. The molecule has 0 spiro atoms. The second-order valence-corrected chi connectivity index (χ2v) is 4.54. The predicted molar refractivity (Wildman–Crippen MR) is 78.6 cm³/mol. The number of anilines is 1. The highest BCUT2D eigenvalue weighted by Crippen LogP contribution is 2.17. The molecule has 0 saturated carbocycles. The lowest BCUT2D eigenvalue weighted by Gasteiger charge is -2.09. The number of aromatic nitrogens is 4. The van der Waals surface area contributed by atoms with Gasteiger partial charge in [0.1, 0.15) is 5.15 Å². The lowest BCUT2D eigenvalue weighted by Crippen LogP contribution is -2.14. The van der Waals surface area contributed by atoms with E-state index in [2.05, 4.69) is 20.4 Å². The van der Waals surface area contributed by atoms with Gasteiger partial charge in [0, 0.05) is 24.8 Å². The average Bonchev–Trinajstić information content (AvgIpc) is 3.02. The van der Waals surface area contributed by atoms with Crippen molar-refractivity contribution < 1.29 is 4.79 Å². The predicted octanol–water partition coefficient (Wildman–Crippen LogP) is 2.57. The zero-order valence-electron chi connectivity index (χ0n) is 10.8. The van der Waals surface area contributed by atoms with Crippen molar-refractivity contribution in [1.82, 2.24) is 19.7 Å². The summed E-state index contributed by atoms with van der Waals surface area (Å²) in [6, 6.07) is 8.44. The van der Waals surface area contributed by atoms with Gasteiger partial charge in [0.2, 0.25) is 0 Å². The molecular weight excluding hydrogens is 290 g/mol. The van der Waals surface area contributed by atoms with Crippen molar-refractivity contribution in [2.45, 2.75) is 0 Å². The molecule has 7 heteroatoms. The first-order valence-corrected chi connectivity index (χ1v) is 6.50. The summed E-state index contributed by atoms with van der Waals surface area (Å²) in [5, 5.41) is 7.24. The van der Waals surface area contributed by atoms with Gasteiger partial charge in [-0.15, -0.1) is 0 Å². The minimum absolute atomic E-state index is 0.291. The third kappa shape index (κ3) is 2.90. The number of halogens is 1. The van der Waals surface area contributed by atoms with Crippen LogP contribution in [0.25, 0.3) is 5.82 Å². The topological polar surface area (TPSA) is 72.7 Å². The number of carbonyl (C=O) groups is 1. The van der Waals surface area contributed by atoms with Gasteiger partial charge in [-0.1, -0.05) is 11.6 Å². The molecule has 0 radical (unpaired) electrons. The summed E-state index contributed by atoms with van der Waals surface area (Å²) in [5.41, 5.74) is 0.968. The second-order valence-electron chi connectivity index (χ2n) is 4.15. The van der Waals surface area contributed by atoms with Crippen LogP contribution >= 0.6 is 11.6 Å². The lowest BCUT2D eigenvalue weighted by molar-refractivity contribution is 0.102. The number of amides is 1. The summed E-state index contributed by atoms with van der Waals surface area (Å²) in [7, 11) is 0. The van der Waals surface area contributed by atoms with Crippen LogP contribution in [0.1, 0.15) is 10.4 Å². The lowest BCUT2D eigenvalue weighted by atomic mass is 10.2. The van der Waals surface area contributed by atoms with Crippen molar-refractivity contribution in [3.05, 3.63) is 65.8 Å². The fourth-order valence-corrected chi connectivity index (χ4v) is 1.89. The third-order valence-corrected chi connectivity index (χ3v) is 2.97. The molecule has 3 aromatic heterocycles. The van der Waals surface area contributed by atoms with Crippen molar-refractivity contribution >= 4 is 23.2 Å². The van der Waals surface area contributed by atoms with E-state index in [0.717, 1.165) is 0 Å². The normalized spacial score (nSPS) is 10.3. The number of hydrogen-bond acceptors (Lipinski definition) is 4. The Morgan fingerprint density at radius 2 is 2.05 bits per heavy atom. The summed E-state index contributed by atoms with van der Waals surface area (Å²) in [6.45, 7) is 0. The number of pyridine rings is 2. The third-order valence-electron chi connectivity index (χ3n) is 2.75. The molecule has 0 atom stereocenters. The Kier molecular flexibility index (Phi) is 3.61. The SMILES string of the molecule is O=C(Nc1cccnc1-n1cccn1)c1ccc(Cl)nc1. The maximum Gasteiger partial charge on any atom is 0.257 e. The van der Waals surface area contributed by atoms with Crippen molar-refractivity contribution in [1.29, 1.82) is 0 Å².